The summed E-state index contributed by atoms with van der Waals surface area (Å²) < 4.78 is 11.9. The predicted molar refractivity (Wildman–Crippen MR) is 122 cm³/mol. The largest absolute Gasteiger partial charge is 0.492 e. The zero-order valence-electron chi connectivity index (χ0n) is 17.1. The topological polar surface area (TPSA) is 81.4 Å². The van der Waals surface area contributed by atoms with E-state index in [2.05, 4.69) is 22.2 Å². The summed E-state index contributed by atoms with van der Waals surface area (Å²) in [6.45, 7) is 7.33. The Bertz CT molecular complexity index is 998. The molecule has 0 spiro atoms. The average Bonchev–Trinajstić information content (AvgIpc) is 2.78. The van der Waals surface area contributed by atoms with Gasteiger partial charge < -0.3 is 25.8 Å². The third-order valence-corrected chi connectivity index (χ3v) is 5.27. The van der Waals surface area contributed by atoms with Gasteiger partial charge >= 0.3 is 0 Å². The monoisotopic (exact) mass is 404 g/mol. The molecule has 1 aliphatic heterocycles. The molecular formula is C24H28N4O2. The molecule has 0 radical (unpaired) electrons. The average molecular weight is 405 g/mol. The van der Waals surface area contributed by atoms with Crippen molar-refractivity contribution in [2.75, 3.05) is 32.0 Å². The number of nitrogens with zero attached hydrogens (tertiary/aromatic N) is 1. The minimum absolute atomic E-state index is 0.303. The van der Waals surface area contributed by atoms with Crippen molar-refractivity contribution in [2.45, 2.75) is 18.9 Å². The first-order chi connectivity index (χ1) is 14.7. The Labute approximate surface area is 177 Å². The third kappa shape index (κ3) is 5.02. The Hall–Kier alpha value is -3.25. The fourth-order valence-corrected chi connectivity index (χ4v) is 3.57. The van der Waals surface area contributed by atoms with Crippen molar-refractivity contribution >= 4 is 22.3 Å². The van der Waals surface area contributed by atoms with Crippen LogP contribution >= 0.6 is 0 Å². The quantitative estimate of drug-likeness (QED) is 0.498. The van der Waals surface area contributed by atoms with Crippen molar-refractivity contribution in [3.8, 4) is 11.5 Å². The molecule has 4 rings (SSSR count). The minimum Gasteiger partial charge on any atom is -0.492 e. The van der Waals surface area contributed by atoms with Gasteiger partial charge in [-0.25, -0.2) is 4.98 Å². The number of anilines is 1. The number of fused-ring (bicyclic) bond motifs is 1. The number of aromatic nitrogens is 1. The standard InChI is InChI=1S/C24H28N4O2/c1-17(18-2-5-20(6-3-18)30-21-9-11-26-12-10-21)27-14-15-29-22-7-4-19-8-13-28-24(25)23(19)16-22/h2-8,13,16,21,26-27H,1,9-12,14-15H2,(H2,25,28). The number of rotatable bonds is 8. The highest BCUT2D eigenvalue weighted by Gasteiger charge is 2.14. The van der Waals surface area contributed by atoms with Gasteiger partial charge in [-0.05, 0) is 79.3 Å². The minimum atomic E-state index is 0.303. The van der Waals surface area contributed by atoms with Crippen LogP contribution in [-0.4, -0.2) is 37.3 Å². The molecule has 0 unspecified atom stereocenters. The number of ether oxygens (including phenoxy) is 2. The maximum atomic E-state index is 6.05. The zero-order chi connectivity index (χ0) is 20.8. The summed E-state index contributed by atoms with van der Waals surface area (Å²) >= 11 is 0. The van der Waals surface area contributed by atoms with E-state index in [4.69, 9.17) is 15.2 Å². The lowest BCUT2D eigenvalue weighted by Gasteiger charge is -2.24. The summed E-state index contributed by atoms with van der Waals surface area (Å²) in [6.07, 6.45) is 4.11. The van der Waals surface area contributed by atoms with Gasteiger partial charge in [-0.15, -0.1) is 0 Å². The van der Waals surface area contributed by atoms with Crippen molar-refractivity contribution < 1.29 is 9.47 Å². The maximum Gasteiger partial charge on any atom is 0.131 e. The fraction of sp³-hybridized carbons (Fsp3) is 0.292. The molecule has 156 valence electrons. The van der Waals surface area contributed by atoms with Gasteiger partial charge in [0.25, 0.3) is 0 Å². The Kier molecular flexibility index (Phi) is 6.35. The van der Waals surface area contributed by atoms with E-state index in [-0.39, 0.29) is 0 Å². The van der Waals surface area contributed by atoms with E-state index in [1.807, 2.05) is 48.5 Å². The van der Waals surface area contributed by atoms with Gasteiger partial charge in [-0.1, -0.05) is 12.6 Å². The smallest absolute Gasteiger partial charge is 0.131 e. The number of pyridine rings is 1. The second-order valence-electron chi connectivity index (χ2n) is 7.42. The van der Waals surface area contributed by atoms with E-state index in [1.54, 1.807) is 6.20 Å². The van der Waals surface area contributed by atoms with Crippen LogP contribution in [0.2, 0.25) is 0 Å². The van der Waals surface area contributed by atoms with Gasteiger partial charge in [0.2, 0.25) is 0 Å². The molecule has 3 aromatic rings. The number of benzene rings is 2. The number of hydrogen-bond acceptors (Lipinski definition) is 6. The van der Waals surface area contributed by atoms with Crippen LogP contribution in [0.1, 0.15) is 18.4 Å². The first kappa shape index (κ1) is 20.0. The van der Waals surface area contributed by atoms with Crippen LogP contribution in [0.15, 0.2) is 61.3 Å². The van der Waals surface area contributed by atoms with E-state index in [0.717, 1.165) is 59.5 Å². The number of nitrogen functional groups attached to an aromatic ring is 1. The first-order valence-electron chi connectivity index (χ1n) is 10.4. The molecule has 6 nitrogen and oxygen atoms in total. The van der Waals surface area contributed by atoms with Crippen molar-refractivity contribution in [2.24, 2.45) is 0 Å². The van der Waals surface area contributed by atoms with Crippen molar-refractivity contribution in [3.63, 3.8) is 0 Å². The molecule has 4 N–H and O–H groups in total. The highest BCUT2D eigenvalue weighted by molar-refractivity contribution is 5.91. The first-order valence-corrected chi connectivity index (χ1v) is 10.4. The van der Waals surface area contributed by atoms with Gasteiger partial charge in [0.15, 0.2) is 0 Å². The molecule has 0 bridgehead atoms. The second kappa shape index (κ2) is 9.50. The number of piperidine rings is 1. The summed E-state index contributed by atoms with van der Waals surface area (Å²) in [7, 11) is 0. The van der Waals surface area contributed by atoms with Crippen LogP contribution in [0.5, 0.6) is 11.5 Å². The van der Waals surface area contributed by atoms with E-state index in [1.165, 1.54) is 0 Å². The number of nitrogens with two attached hydrogens (primary N) is 1. The highest BCUT2D eigenvalue weighted by Crippen LogP contribution is 2.24. The number of hydrogen-bond donors (Lipinski definition) is 3. The normalized spacial score (nSPS) is 14.4. The van der Waals surface area contributed by atoms with Crippen LogP contribution in [0.3, 0.4) is 0 Å². The Morgan fingerprint density at radius 1 is 1.10 bits per heavy atom. The molecular weight excluding hydrogens is 376 g/mol. The van der Waals surface area contributed by atoms with E-state index >= 15 is 0 Å². The van der Waals surface area contributed by atoms with Gasteiger partial charge in [0.05, 0.1) is 0 Å². The number of nitrogens with one attached hydrogen (secondary N) is 2. The second-order valence-corrected chi connectivity index (χ2v) is 7.42. The van der Waals surface area contributed by atoms with Crippen molar-refractivity contribution in [1.82, 2.24) is 15.6 Å². The summed E-state index contributed by atoms with van der Waals surface area (Å²) in [5, 5.41) is 8.62. The van der Waals surface area contributed by atoms with Crippen LogP contribution in [0.4, 0.5) is 5.82 Å². The van der Waals surface area contributed by atoms with Crippen molar-refractivity contribution in [1.29, 1.82) is 0 Å². The lowest BCUT2D eigenvalue weighted by molar-refractivity contribution is 0.162. The third-order valence-electron chi connectivity index (χ3n) is 5.27. The zero-order valence-corrected chi connectivity index (χ0v) is 17.1. The lowest BCUT2D eigenvalue weighted by atomic mass is 10.1. The Morgan fingerprint density at radius 3 is 2.67 bits per heavy atom. The van der Waals surface area contributed by atoms with Crippen LogP contribution in [-0.2, 0) is 0 Å². The predicted octanol–water partition coefficient (Wildman–Crippen LogP) is 3.59. The fourth-order valence-electron chi connectivity index (χ4n) is 3.57. The molecule has 1 fully saturated rings. The Morgan fingerprint density at radius 2 is 1.87 bits per heavy atom. The molecule has 0 amide bonds. The van der Waals surface area contributed by atoms with E-state index in [9.17, 15) is 0 Å². The molecule has 30 heavy (non-hydrogen) atoms. The van der Waals surface area contributed by atoms with Gasteiger partial charge in [0, 0.05) is 23.8 Å². The van der Waals surface area contributed by atoms with E-state index < -0.39 is 0 Å². The SMILES string of the molecule is C=C(NCCOc1ccc2ccnc(N)c2c1)c1ccc(OC2CCNCC2)cc1. The summed E-state index contributed by atoms with van der Waals surface area (Å²) in [4.78, 5) is 4.13. The molecule has 0 atom stereocenters. The molecule has 0 aliphatic carbocycles. The summed E-state index contributed by atoms with van der Waals surface area (Å²) in [5.41, 5.74) is 7.84. The van der Waals surface area contributed by atoms with Crippen LogP contribution in [0.25, 0.3) is 16.5 Å². The molecule has 2 aromatic carbocycles. The summed E-state index contributed by atoms with van der Waals surface area (Å²) in [5.74, 6) is 2.19. The maximum absolute atomic E-state index is 6.05. The van der Waals surface area contributed by atoms with Gasteiger partial charge in [0.1, 0.15) is 30.0 Å². The highest BCUT2D eigenvalue weighted by atomic mass is 16.5. The molecule has 6 heteroatoms. The molecule has 2 heterocycles. The van der Waals surface area contributed by atoms with Gasteiger partial charge in [-0.3, -0.25) is 0 Å². The van der Waals surface area contributed by atoms with Crippen LogP contribution < -0.4 is 25.8 Å². The summed E-state index contributed by atoms with van der Waals surface area (Å²) in [6, 6.07) is 15.9. The molecule has 1 aliphatic rings. The molecule has 1 aromatic heterocycles. The lowest BCUT2D eigenvalue weighted by Crippen LogP contribution is -2.34. The molecule has 1 saturated heterocycles. The van der Waals surface area contributed by atoms with Gasteiger partial charge in [-0.2, -0.15) is 0 Å². The molecule has 0 saturated carbocycles. The Balaban J connectivity index is 1.24. The van der Waals surface area contributed by atoms with E-state index in [0.29, 0.717) is 25.1 Å². The van der Waals surface area contributed by atoms with Crippen molar-refractivity contribution in [3.05, 3.63) is 66.9 Å². The van der Waals surface area contributed by atoms with Crippen LogP contribution in [0, 0.1) is 0 Å².